The molecule has 0 atom stereocenters. The van der Waals surface area contributed by atoms with E-state index in [9.17, 15) is 8.78 Å². The second-order valence-electron chi connectivity index (χ2n) is 6.29. The Hall–Kier alpha value is -3.40. The minimum absolute atomic E-state index is 0.158. The molecule has 7 heteroatoms. The molecular weight excluding hydrogens is 360 g/mol. The highest BCUT2D eigenvalue weighted by Gasteiger charge is 2.07. The lowest BCUT2D eigenvalue weighted by molar-refractivity contribution is 0.609. The van der Waals surface area contributed by atoms with Gasteiger partial charge in [0.05, 0.1) is 18.2 Å². The lowest BCUT2D eigenvalue weighted by Crippen LogP contribution is -2.38. The van der Waals surface area contributed by atoms with Crippen molar-refractivity contribution in [1.29, 1.82) is 5.26 Å². The summed E-state index contributed by atoms with van der Waals surface area (Å²) < 4.78 is 27.5. The van der Waals surface area contributed by atoms with Crippen LogP contribution in [0.5, 0.6) is 0 Å². The van der Waals surface area contributed by atoms with Crippen molar-refractivity contribution in [3.05, 3.63) is 70.9 Å². The minimum atomic E-state index is -0.445. The Morgan fingerprint density at radius 3 is 2.75 bits per heavy atom. The van der Waals surface area contributed by atoms with E-state index < -0.39 is 5.82 Å². The van der Waals surface area contributed by atoms with E-state index in [0.29, 0.717) is 31.0 Å². The molecule has 0 aliphatic heterocycles. The normalized spacial score (nSPS) is 11.4. The number of aromatic nitrogens is 1. The highest BCUT2D eigenvalue weighted by atomic mass is 19.1. The number of nitrogens with zero attached hydrogens (tertiary/aromatic N) is 2. The third kappa shape index (κ3) is 4.65. The highest BCUT2D eigenvalue weighted by molar-refractivity contribution is 5.83. The van der Waals surface area contributed by atoms with Gasteiger partial charge in [-0.2, -0.15) is 5.26 Å². The van der Waals surface area contributed by atoms with Crippen molar-refractivity contribution >= 4 is 16.9 Å². The standard InChI is InChI=1S/C21H21F2N5/c1-2-25-21(28-13-16-4-3-14(11-24)9-19(16)23)26-8-7-15-12-27-20-6-5-17(22)10-18(15)20/h3-6,9-10,12,27H,2,7-8,13H2,1H3,(H2,25,26,28). The predicted octanol–water partition coefficient (Wildman–Crippen LogP) is 3.62. The Balaban J connectivity index is 1.63. The van der Waals surface area contributed by atoms with Gasteiger partial charge in [-0.15, -0.1) is 0 Å². The molecule has 0 unspecified atom stereocenters. The number of halogens is 2. The summed E-state index contributed by atoms with van der Waals surface area (Å²) in [6, 6.07) is 10.9. The van der Waals surface area contributed by atoms with Crippen molar-refractivity contribution in [1.82, 2.24) is 15.6 Å². The highest BCUT2D eigenvalue weighted by Crippen LogP contribution is 2.19. The molecule has 1 aromatic heterocycles. The first-order valence-corrected chi connectivity index (χ1v) is 9.07. The van der Waals surface area contributed by atoms with Crippen LogP contribution in [0.1, 0.15) is 23.6 Å². The number of aliphatic imine (C=N–C) groups is 1. The zero-order valence-electron chi connectivity index (χ0n) is 15.5. The van der Waals surface area contributed by atoms with Crippen LogP contribution in [-0.4, -0.2) is 24.0 Å². The van der Waals surface area contributed by atoms with Crippen molar-refractivity contribution in [3.8, 4) is 6.07 Å². The Morgan fingerprint density at radius 2 is 2.00 bits per heavy atom. The van der Waals surface area contributed by atoms with Gasteiger partial charge in [-0.3, -0.25) is 0 Å². The summed E-state index contributed by atoms with van der Waals surface area (Å²) in [7, 11) is 0. The number of aromatic amines is 1. The number of H-pyrrole nitrogens is 1. The summed E-state index contributed by atoms with van der Waals surface area (Å²) in [5.41, 5.74) is 2.61. The van der Waals surface area contributed by atoms with Crippen LogP contribution in [0.2, 0.25) is 0 Å². The first-order valence-electron chi connectivity index (χ1n) is 9.07. The van der Waals surface area contributed by atoms with Crippen molar-refractivity contribution in [2.75, 3.05) is 13.1 Å². The first-order chi connectivity index (χ1) is 13.6. The van der Waals surface area contributed by atoms with Gasteiger partial charge in [0.2, 0.25) is 0 Å². The lowest BCUT2D eigenvalue weighted by atomic mass is 10.1. The predicted molar refractivity (Wildman–Crippen MR) is 106 cm³/mol. The van der Waals surface area contributed by atoms with E-state index in [1.54, 1.807) is 18.2 Å². The van der Waals surface area contributed by atoms with Gasteiger partial charge < -0.3 is 15.6 Å². The molecule has 1 heterocycles. The molecule has 2 aromatic carbocycles. The smallest absolute Gasteiger partial charge is 0.191 e. The third-order valence-electron chi connectivity index (χ3n) is 4.35. The molecule has 0 fully saturated rings. The Kier molecular flexibility index (Phi) is 6.22. The summed E-state index contributed by atoms with van der Waals surface area (Å²) in [6.45, 7) is 3.36. The van der Waals surface area contributed by atoms with E-state index in [-0.39, 0.29) is 17.9 Å². The summed E-state index contributed by atoms with van der Waals surface area (Å²) in [6.07, 6.45) is 2.56. The zero-order valence-corrected chi connectivity index (χ0v) is 15.5. The number of fused-ring (bicyclic) bond motifs is 1. The van der Waals surface area contributed by atoms with Crippen LogP contribution in [-0.2, 0) is 13.0 Å². The van der Waals surface area contributed by atoms with E-state index in [4.69, 9.17) is 5.26 Å². The van der Waals surface area contributed by atoms with E-state index in [1.165, 1.54) is 18.2 Å². The molecule has 0 radical (unpaired) electrons. The lowest BCUT2D eigenvalue weighted by Gasteiger charge is -2.11. The number of hydrogen-bond donors (Lipinski definition) is 3. The van der Waals surface area contributed by atoms with Crippen LogP contribution in [0.25, 0.3) is 10.9 Å². The molecule has 0 amide bonds. The molecule has 0 aliphatic carbocycles. The van der Waals surface area contributed by atoms with Crippen LogP contribution in [0.15, 0.2) is 47.6 Å². The van der Waals surface area contributed by atoms with E-state index >= 15 is 0 Å². The Bertz CT molecular complexity index is 1030. The molecule has 0 saturated heterocycles. The van der Waals surface area contributed by atoms with Gasteiger partial charge >= 0.3 is 0 Å². The van der Waals surface area contributed by atoms with E-state index in [0.717, 1.165) is 16.5 Å². The molecule has 0 saturated carbocycles. The first kappa shape index (κ1) is 19.4. The quantitative estimate of drug-likeness (QED) is 0.451. The number of hydrogen-bond acceptors (Lipinski definition) is 2. The number of nitriles is 1. The van der Waals surface area contributed by atoms with Crippen molar-refractivity contribution in [3.63, 3.8) is 0 Å². The molecule has 3 rings (SSSR count). The van der Waals surface area contributed by atoms with Gasteiger partial charge in [-0.1, -0.05) is 6.07 Å². The van der Waals surface area contributed by atoms with Crippen LogP contribution >= 0.6 is 0 Å². The fourth-order valence-corrected chi connectivity index (χ4v) is 2.92. The van der Waals surface area contributed by atoms with E-state index in [2.05, 4.69) is 20.6 Å². The number of rotatable bonds is 6. The van der Waals surface area contributed by atoms with Crippen LogP contribution in [0.4, 0.5) is 8.78 Å². The van der Waals surface area contributed by atoms with Gasteiger partial charge in [-0.05, 0) is 49.2 Å². The number of guanidine groups is 1. The molecule has 28 heavy (non-hydrogen) atoms. The SMILES string of the molecule is CCNC(=NCc1ccc(C#N)cc1F)NCCc1c[nH]c2ccc(F)cc12. The maximum Gasteiger partial charge on any atom is 0.191 e. The second kappa shape index (κ2) is 9.00. The van der Waals surface area contributed by atoms with Crippen LogP contribution in [0, 0.1) is 23.0 Å². The fraction of sp³-hybridized carbons (Fsp3) is 0.238. The van der Waals surface area contributed by atoms with Crippen molar-refractivity contribution in [2.45, 2.75) is 19.9 Å². The van der Waals surface area contributed by atoms with Gasteiger partial charge in [0.25, 0.3) is 0 Å². The molecule has 5 nitrogen and oxygen atoms in total. The maximum absolute atomic E-state index is 14.0. The topological polar surface area (TPSA) is 76.0 Å². The van der Waals surface area contributed by atoms with Crippen molar-refractivity contribution in [2.24, 2.45) is 4.99 Å². The Morgan fingerprint density at radius 1 is 1.14 bits per heavy atom. The molecule has 3 N–H and O–H groups in total. The molecule has 0 bridgehead atoms. The summed E-state index contributed by atoms with van der Waals surface area (Å²) in [5, 5.41) is 16.0. The molecule has 0 spiro atoms. The molecule has 144 valence electrons. The monoisotopic (exact) mass is 381 g/mol. The summed E-state index contributed by atoms with van der Waals surface area (Å²) >= 11 is 0. The summed E-state index contributed by atoms with van der Waals surface area (Å²) in [5.74, 6) is -0.141. The zero-order chi connectivity index (χ0) is 19.9. The van der Waals surface area contributed by atoms with Gasteiger partial charge in [0, 0.05) is 35.8 Å². The fourth-order valence-electron chi connectivity index (χ4n) is 2.92. The summed E-state index contributed by atoms with van der Waals surface area (Å²) in [4.78, 5) is 7.54. The van der Waals surface area contributed by atoms with E-state index in [1.807, 2.05) is 19.2 Å². The minimum Gasteiger partial charge on any atom is -0.361 e. The average Bonchev–Trinajstić information content (AvgIpc) is 3.09. The maximum atomic E-state index is 14.0. The third-order valence-corrected chi connectivity index (χ3v) is 4.35. The van der Waals surface area contributed by atoms with Gasteiger partial charge in [0.15, 0.2) is 5.96 Å². The average molecular weight is 381 g/mol. The van der Waals surface area contributed by atoms with Gasteiger partial charge in [0.1, 0.15) is 11.6 Å². The van der Waals surface area contributed by atoms with Crippen molar-refractivity contribution < 1.29 is 8.78 Å². The van der Waals surface area contributed by atoms with Crippen LogP contribution < -0.4 is 10.6 Å². The Labute approximate surface area is 162 Å². The molecule has 0 aliphatic rings. The largest absolute Gasteiger partial charge is 0.361 e. The molecular formula is C21H21F2N5. The van der Waals surface area contributed by atoms with Crippen LogP contribution in [0.3, 0.4) is 0 Å². The number of nitrogens with one attached hydrogen (secondary N) is 3. The number of benzene rings is 2. The van der Waals surface area contributed by atoms with Gasteiger partial charge in [-0.25, -0.2) is 13.8 Å². The second-order valence-corrected chi connectivity index (χ2v) is 6.29. The molecule has 3 aromatic rings.